The molecule has 3 N–H and O–H groups in total. The Kier molecular flexibility index (Phi) is 9.96. The fraction of sp³-hybridized carbons (Fsp3) is 0.308. The summed E-state index contributed by atoms with van der Waals surface area (Å²) in [5.41, 5.74) is 0.298. The molecule has 11 nitrogen and oxygen atoms in total. The van der Waals surface area contributed by atoms with Crippen molar-refractivity contribution in [3.63, 3.8) is 0 Å². The Balaban J connectivity index is 1.57. The smallest absolute Gasteiger partial charge is 0.313 e. The number of ether oxygens (including phenoxy) is 1. The van der Waals surface area contributed by atoms with Crippen molar-refractivity contribution in [2.45, 2.75) is 25.3 Å². The predicted octanol–water partition coefficient (Wildman–Crippen LogP) is 1.90. The minimum Gasteiger partial charge on any atom is -0.481 e. The fourth-order valence-corrected chi connectivity index (χ4v) is 3.99. The highest BCUT2D eigenvalue weighted by Gasteiger charge is 2.33. The molecule has 0 saturated carbocycles. The van der Waals surface area contributed by atoms with Crippen molar-refractivity contribution < 1.29 is 51.4 Å². The standard InChI is InChI=1S/C26H22F4N4O7/c27-15-9-16(28)22(30)23(21(15)29)41-12-19(35)18(10-20(36)37)33-24(38)13-5-7-34(8-6-13)26(40)25(39)32-17-4-2-1-3-14(17)11-31/h1-4,9,13,18H,5-8,10,12H2,(H,32,39)(H,33,38)(H,36,37)/t18-/m0/s1. The number of carboxylic acid groups (broad SMARTS) is 1. The number of hydrogen-bond donors (Lipinski definition) is 3. The minimum atomic E-state index is -1.90. The van der Waals surface area contributed by atoms with Gasteiger partial charge >= 0.3 is 17.8 Å². The number of ketones is 1. The van der Waals surface area contributed by atoms with Crippen molar-refractivity contribution in [3.05, 3.63) is 59.2 Å². The van der Waals surface area contributed by atoms with Crippen LogP contribution in [0.3, 0.4) is 0 Å². The summed E-state index contributed by atoms with van der Waals surface area (Å²) in [5, 5.41) is 22.8. The second-order valence-corrected chi connectivity index (χ2v) is 8.89. The molecule has 3 rings (SSSR count). The lowest BCUT2D eigenvalue weighted by Gasteiger charge is -2.31. The van der Waals surface area contributed by atoms with E-state index in [1.807, 2.05) is 6.07 Å². The van der Waals surface area contributed by atoms with Gasteiger partial charge in [-0.15, -0.1) is 0 Å². The van der Waals surface area contributed by atoms with E-state index in [4.69, 9.17) is 10.4 Å². The number of hydrogen-bond acceptors (Lipinski definition) is 7. The third-order valence-electron chi connectivity index (χ3n) is 6.16. The van der Waals surface area contributed by atoms with Crippen molar-refractivity contribution in [2.24, 2.45) is 5.92 Å². The number of Topliss-reactive ketones (excluding diaryl/α,β-unsaturated/α-hetero) is 1. The molecule has 1 aliphatic heterocycles. The number of carbonyl (C=O) groups is 5. The zero-order valence-electron chi connectivity index (χ0n) is 21.1. The normalized spacial score (nSPS) is 14.0. The van der Waals surface area contributed by atoms with Crippen molar-refractivity contribution in [3.8, 4) is 11.8 Å². The summed E-state index contributed by atoms with van der Waals surface area (Å²) < 4.78 is 58.9. The van der Waals surface area contributed by atoms with Crippen molar-refractivity contribution in [1.82, 2.24) is 10.2 Å². The molecule has 3 amide bonds. The SMILES string of the molecule is N#Cc1ccccc1NC(=O)C(=O)N1CCC(C(=O)N[C@@H](CC(=O)O)C(=O)COc2c(F)c(F)cc(F)c2F)CC1. The quantitative estimate of drug-likeness (QED) is 0.231. The lowest BCUT2D eigenvalue weighted by atomic mass is 9.95. The maximum Gasteiger partial charge on any atom is 0.313 e. The number of carboxylic acids is 1. The molecule has 1 aliphatic rings. The summed E-state index contributed by atoms with van der Waals surface area (Å²) in [6.45, 7) is -1.28. The van der Waals surface area contributed by atoms with Crippen LogP contribution >= 0.6 is 0 Å². The van der Waals surface area contributed by atoms with E-state index in [2.05, 4.69) is 15.4 Å². The molecule has 216 valence electrons. The highest BCUT2D eigenvalue weighted by atomic mass is 19.2. The molecule has 0 aromatic heterocycles. The van der Waals surface area contributed by atoms with Gasteiger partial charge in [0, 0.05) is 25.1 Å². The van der Waals surface area contributed by atoms with Crippen LogP contribution < -0.4 is 15.4 Å². The number of rotatable bonds is 9. The number of piperidine rings is 1. The number of carbonyl (C=O) groups excluding carboxylic acids is 4. The van der Waals surface area contributed by atoms with Gasteiger partial charge in [-0.1, -0.05) is 12.1 Å². The van der Waals surface area contributed by atoms with E-state index in [1.54, 1.807) is 12.1 Å². The highest BCUT2D eigenvalue weighted by molar-refractivity contribution is 6.39. The first-order valence-corrected chi connectivity index (χ1v) is 12.0. The number of benzene rings is 2. The molecule has 1 heterocycles. The van der Waals surface area contributed by atoms with E-state index in [9.17, 15) is 41.5 Å². The molecule has 15 heteroatoms. The van der Waals surface area contributed by atoms with Gasteiger partial charge < -0.3 is 25.4 Å². The van der Waals surface area contributed by atoms with E-state index in [-0.39, 0.29) is 43.2 Å². The summed E-state index contributed by atoms with van der Waals surface area (Å²) in [6.07, 6.45) is -0.843. The van der Waals surface area contributed by atoms with E-state index < -0.39 is 83.5 Å². The molecule has 0 radical (unpaired) electrons. The van der Waals surface area contributed by atoms with Crippen molar-refractivity contribution in [1.29, 1.82) is 5.26 Å². The van der Waals surface area contributed by atoms with Crippen molar-refractivity contribution >= 4 is 35.2 Å². The van der Waals surface area contributed by atoms with Gasteiger partial charge in [-0.25, -0.2) is 8.78 Å². The Bertz CT molecular complexity index is 1400. The van der Waals surface area contributed by atoms with Crippen LogP contribution in [0, 0.1) is 40.5 Å². The van der Waals surface area contributed by atoms with Gasteiger partial charge in [-0.2, -0.15) is 14.0 Å². The topological polar surface area (TPSA) is 166 Å². The zero-order valence-corrected chi connectivity index (χ0v) is 21.1. The van der Waals surface area contributed by atoms with E-state index in [0.717, 1.165) is 0 Å². The third-order valence-corrected chi connectivity index (χ3v) is 6.16. The molecule has 0 bridgehead atoms. The molecular weight excluding hydrogens is 556 g/mol. The van der Waals surface area contributed by atoms with Gasteiger partial charge in [0.1, 0.15) is 18.7 Å². The first kappa shape index (κ1) is 30.5. The molecule has 1 saturated heterocycles. The Morgan fingerprint density at radius 2 is 1.66 bits per heavy atom. The second kappa shape index (κ2) is 13.4. The summed E-state index contributed by atoms with van der Waals surface area (Å²) in [4.78, 5) is 62.6. The summed E-state index contributed by atoms with van der Waals surface area (Å²) in [7, 11) is 0. The zero-order chi connectivity index (χ0) is 30.3. The van der Waals surface area contributed by atoms with E-state index in [1.165, 1.54) is 17.0 Å². The van der Waals surface area contributed by atoms with Crippen LogP contribution in [0.4, 0.5) is 23.2 Å². The molecule has 0 unspecified atom stereocenters. The number of nitriles is 1. The number of likely N-dealkylation sites (tertiary alicyclic amines) is 1. The highest BCUT2D eigenvalue weighted by Crippen LogP contribution is 2.26. The van der Waals surface area contributed by atoms with Crippen LogP contribution in [0.1, 0.15) is 24.8 Å². The molecule has 0 spiro atoms. The average molecular weight is 578 g/mol. The Morgan fingerprint density at radius 3 is 2.24 bits per heavy atom. The minimum absolute atomic E-state index is 0.0332. The lowest BCUT2D eigenvalue weighted by Crippen LogP contribution is -2.50. The van der Waals surface area contributed by atoms with Crippen LogP contribution in [-0.2, 0) is 24.0 Å². The molecule has 0 aliphatic carbocycles. The summed E-state index contributed by atoms with van der Waals surface area (Å²) >= 11 is 0. The number of aliphatic carboxylic acids is 1. The van der Waals surface area contributed by atoms with E-state index in [0.29, 0.717) is 0 Å². The van der Waals surface area contributed by atoms with Gasteiger partial charge in [-0.05, 0) is 25.0 Å². The monoisotopic (exact) mass is 578 g/mol. The van der Waals surface area contributed by atoms with Crippen molar-refractivity contribution in [2.75, 3.05) is 25.0 Å². The second-order valence-electron chi connectivity index (χ2n) is 8.89. The van der Waals surface area contributed by atoms with Crippen LogP contribution in [0.5, 0.6) is 5.75 Å². The first-order valence-electron chi connectivity index (χ1n) is 12.0. The molecule has 1 atom stereocenters. The first-order chi connectivity index (χ1) is 19.4. The van der Waals surface area contributed by atoms with Crippen LogP contribution in [-0.4, -0.2) is 65.2 Å². The summed E-state index contributed by atoms with van der Waals surface area (Å²) in [5.74, 6) is -15.0. The number of halogens is 4. The molecular formula is C26H22F4N4O7. The Hall–Kier alpha value is -5.00. The Morgan fingerprint density at radius 1 is 1.05 bits per heavy atom. The number of para-hydroxylation sites is 1. The molecule has 41 heavy (non-hydrogen) atoms. The van der Waals surface area contributed by atoms with Gasteiger partial charge in [0.25, 0.3) is 0 Å². The number of nitrogens with one attached hydrogen (secondary N) is 2. The fourth-order valence-electron chi connectivity index (χ4n) is 3.99. The molecule has 2 aromatic carbocycles. The maximum atomic E-state index is 13.8. The van der Waals surface area contributed by atoms with E-state index >= 15 is 0 Å². The lowest BCUT2D eigenvalue weighted by molar-refractivity contribution is -0.145. The summed E-state index contributed by atoms with van der Waals surface area (Å²) in [6, 6.07) is 6.16. The average Bonchev–Trinajstić information content (AvgIpc) is 2.95. The van der Waals surface area contributed by atoms with Gasteiger partial charge in [-0.3, -0.25) is 24.0 Å². The van der Waals surface area contributed by atoms with Crippen LogP contribution in [0.25, 0.3) is 0 Å². The third kappa shape index (κ3) is 7.56. The maximum absolute atomic E-state index is 13.8. The van der Waals surface area contributed by atoms with Gasteiger partial charge in [0.05, 0.1) is 17.7 Å². The Labute approximate surface area is 229 Å². The number of amides is 3. The number of anilines is 1. The molecule has 2 aromatic rings. The number of nitrogens with zero attached hydrogens (tertiary/aromatic N) is 2. The van der Waals surface area contributed by atoms with Crippen LogP contribution in [0.2, 0.25) is 0 Å². The van der Waals surface area contributed by atoms with Crippen LogP contribution in [0.15, 0.2) is 30.3 Å². The largest absolute Gasteiger partial charge is 0.481 e. The molecule has 1 fully saturated rings. The van der Waals surface area contributed by atoms with Gasteiger partial charge in [0.2, 0.25) is 17.5 Å². The predicted molar refractivity (Wildman–Crippen MR) is 130 cm³/mol. The van der Waals surface area contributed by atoms with Gasteiger partial charge in [0.15, 0.2) is 23.2 Å².